The first-order valence-electron chi connectivity index (χ1n) is 5.86. The number of hydrogen-bond donors (Lipinski definition) is 0. The molecular formula is C13H16O6. The highest BCUT2D eigenvalue weighted by Crippen LogP contribution is 2.25. The van der Waals surface area contributed by atoms with Crippen LogP contribution in [0.5, 0.6) is 11.5 Å². The fraction of sp³-hybridized carbons (Fsp3) is 0.385. The second-order valence-corrected chi connectivity index (χ2v) is 3.50. The molecule has 0 radical (unpaired) electrons. The smallest absolute Gasteiger partial charge is 0.434 e. The Balaban J connectivity index is 2.76. The molecule has 1 rings (SSSR count). The Morgan fingerprint density at radius 1 is 1.00 bits per heavy atom. The van der Waals surface area contributed by atoms with Crippen molar-refractivity contribution in [2.24, 2.45) is 0 Å². The minimum Gasteiger partial charge on any atom is -0.434 e. The van der Waals surface area contributed by atoms with Crippen molar-refractivity contribution in [3.63, 3.8) is 0 Å². The predicted molar refractivity (Wildman–Crippen MR) is 66.5 cm³/mol. The second kappa shape index (κ2) is 7.25. The van der Waals surface area contributed by atoms with E-state index in [0.29, 0.717) is 5.56 Å². The molecule has 0 N–H and O–H groups in total. The highest BCUT2D eigenvalue weighted by atomic mass is 16.7. The van der Waals surface area contributed by atoms with E-state index in [9.17, 15) is 9.59 Å². The van der Waals surface area contributed by atoms with Crippen molar-refractivity contribution < 1.29 is 28.5 Å². The third-order valence-electron chi connectivity index (χ3n) is 2.08. The summed E-state index contributed by atoms with van der Waals surface area (Å²) in [6.07, 6.45) is -1.62. The van der Waals surface area contributed by atoms with E-state index in [1.807, 2.05) is 0 Å². The van der Waals surface area contributed by atoms with E-state index in [1.54, 1.807) is 32.9 Å². The first-order chi connectivity index (χ1) is 9.06. The molecule has 6 heteroatoms. The Labute approximate surface area is 111 Å². The number of carbonyl (C=O) groups excluding carboxylic acids is 2. The minimum atomic E-state index is -0.812. The van der Waals surface area contributed by atoms with Gasteiger partial charge < -0.3 is 18.9 Å². The van der Waals surface area contributed by atoms with E-state index >= 15 is 0 Å². The van der Waals surface area contributed by atoms with Crippen LogP contribution >= 0.6 is 0 Å². The van der Waals surface area contributed by atoms with Crippen molar-refractivity contribution in [1.29, 1.82) is 0 Å². The van der Waals surface area contributed by atoms with Crippen molar-refractivity contribution in [2.45, 2.75) is 20.8 Å². The summed E-state index contributed by atoms with van der Waals surface area (Å²) < 4.78 is 19.2. The van der Waals surface area contributed by atoms with E-state index in [4.69, 9.17) is 9.47 Å². The van der Waals surface area contributed by atoms with Crippen LogP contribution in [0.2, 0.25) is 0 Å². The Bertz CT molecular complexity index is 454. The van der Waals surface area contributed by atoms with Crippen LogP contribution < -0.4 is 9.47 Å². The van der Waals surface area contributed by atoms with E-state index in [1.165, 1.54) is 6.07 Å². The molecule has 0 aliphatic rings. The van der Waals surface area contributed by atoms with E-state index in [0.717, 1.165) is 0 Å². The second-order valence-electron chi connectivity index (χ2n) is 3.50. The molecule has 0 fully saturated rings. The third-order valence-corrected chi connectivity index (χ3v) is 2.08. The Morgan fingerprint density at radius 2 is 1.58 bits per heavy atom. The van der Waals surface area contributed by atoms with Gasteiger partial charge in [0, 0.05) is 6.07 Å². The van der Waals surface area contributed by atoms with Gasteiger partial charge in [-0.15, -0.1) is 0 Å². The Morgan fingerprint density at radius 3 is 2.16 bits per heavy atom. The Kier molecular flexibility index (Phi) is 5.66. The molecule has 19 heavy (non-hydrogen) atoms. The maximum Gasteiger partial charge on any atom is 0.513 e. The van der Waals surface area contributed by atoms with Gasteiger partial charge >= 0.3 is 12.3 Å². The number of aryl methyl sites for hydroxylation is 1. The molecule has 0 atom stereocenters. The summed E-state index contributed by atoms with van der Waals surface area (Å²) in [5, 5.41) is 0. The quantitative estimate of drug-likeness (QED) is 0.617. The molecule has 0 aromatic heterocycles. The topological polar surface area (TPSA) is 71.1 Å². The summed E-state index contributed by atoms with van der Waals surface area (Å²) in [6, 6.07) is 4.65. The van der Waals surface area contributed by atoms with E-state index in [-0.39, 0.29) is 24.7 Å². The van der Waals surface area contributed by atoms with Gasteiger partial charge in [-0.05, 0) is 32.4 Å². The number of hydrogen-bond acceptors (Lipinski definition) is 6. The van der Waals surface area contributed by atoms with Gasteiger partial charge in [-0.3, -0.25) is 0 Å². The molecule has 0 aliphatic heterocycles. The lowest BCUT2D eigenvalue weighted by atomic mass is 10.2. The molecule has 1 aromatic carbocycles. The monoisotopic (exact) mass is 268 g/mol. The molecule has 1 aromatic rings. The molecule has 0 bridgehead atoms. The van der Waals surface area contributed by atoms with Gasteiger partial charge in [-0.25, -0.2) is 9.59 Å². The van der Waals surface area contributed by atoms with Crippen molar-refractivity contribution >= 4 is 12.3 Å². The zero-order chi connectivity index (χ0) is 14.3. The first kappa shape index (κ1) is 14.8. The average Bonchev–Trinajstić information content (AvgIpc) is 2.34. The van der Waals surface area contributed by atoms with Crippen molar-refractivity contribution in [1.82, 2.24) is 0 Å². The molecule has 104 valence electrons. The summed E-state index contributed by atoms with van der Waals surface area (Å²) in [5.41, 5.74) is 0.712. The molecule has 0 aliphatic carbocycles. The van der Waals surface area contributed by atoms with Crippen LogP contribution in [0.15, 0.2) is 18.2 Å². The summed E-state index contributed by atoms with van der Waals surface area (Å²) in [4.78, 5) is 22.4. The van der Waals surface area contributed by atoms with Crippen molar-refractivity contribution in [3.05, 3.63) is 23.8 Å². The molecule has 0 amide bonds. The van der Waals surface area contributed by atoms with Crippen molar-refractivity contribution in [2.75, 3.05) is 13.2 Å². The molecular weight excluding hydrogens is 252 g/mol. The number of rotatable bonds is 4. The molecule has 6 nitrogen and oxygen atoms in total. The van der Waals surface area contributed by atoms with Crippen LogP contribution in [0.1, 0.15) is 19.4 Å². The molecule has 0 heterocycles. The number of ether oxygens (including phenoxy) is 4. The fourth-order valence-corrected chi connectivity index (χ4v) is 1.23. The maximum atomic E-state index is 11.2. The summed E-state index contributed by atoms with van der Waals surface area (Å²) in [7, 11) is 0. The molecule has 0 saturated heterocycles. The van der Waals surface area contributed by atoms with Crippen LogP contribution in [0.25, 0.3) is 0 Å². The number of carbonyl (C=O) groups is 2. The van der Waals surface area contributed by atoms with Gasteiger partial charge in [-0.1, -0.05) is 6.07 Å². The van der Waals surface area contributed by atoms with Crippen LogP contribution in [0.3, 0.4) is 0 Å². The Hall–Kier alpha value is -2.24. The lowest BCUT2D eigenvalue weighted by Gasteiger charge is -2.09. The van der Waals surface area contributed by atoms with Gasteiger partial charge in [0.25, 0.3) is 0 Å². The SMILES string of the molecule is CCOC(=O)Oc1ccc(C)c(OC(=O)OCC)c1. The average molecular weight is 268 g/mol. The summed E-state index contributed by atoms with van der Waals surface area (Å²) >= 11 is 0. The zero-order valence-electron chi connectivity index (χ0n) is 11.1. The molecule has 0 spiro atoms. The molecule has 0 unspecified atom stereocenters. The summed E-state index contributed by atoms with van der Waals surface area (Å²) in [6.45, 7) is 5.54. The van der Waals surface area contributed by atoms with Crippen molar-refractivity contribution in [3.8, 4) is 11.5 Å². The maximum absolute atomic E-state index is 11.2. The van der Waals surface area contributed by atoms with Crippen LogP contribution in [-0.4, -0.2) is 25.5 Å². The van der Waals surface area contributed by atoms with Crippen LogP contribution in [0, 0.1) is 6.92 Å². The van der Waals surface area contributed by atoms with Crippen LogP contribution in [0.4, 0.5) is 9.59 Å². The lowest BCUT2D eigenvalue weighted by molar-refractivity contribution is 0.103. The minimum absolute atomic E-state index is 0.219. The highest BCUT2D eigenvalue weighted by Gasteiger charge is 2.11. The van der Waals surface area contributed by atoms with Gasteiger partial charge in [0.15, 0.2) is 0 Å². The van der Waals surface area contributed by atoms with E-state index < -0.39 is 12.3 Å². The van der Waals surface area contributed by atoms with E-state index in [2.05, 4.69) is 9.47 Å². The predicted octanol–water partition coefficient (Wildman–Crippen LogP) is 3.07. The normalized spacial score (nSPS) is 9.63. The summed E-state index contributed by atoms with van der Waals surface area (Å²) in [5.74, 6) is 0.489. The van der Waals surface area contributed by atoms with Crippen LogP contribution in [-0.2, 0) is 9.47 Å². The lowest BCUT2D eigenvalue weighted by Crippen LogP contribution is -2.12. The van der Waals surface area contributed by atoms with Gasteiger partial charge in [-0.2, -0.15) is 0 Å². The number of benzene rings is 1. The zero-order valence-corrected chi connectivity index (χ0v) is 11.1. The standard InChI is InChI=1S/C13H16O6/c1-4-16-12(14)18-10-7-6-9(3)11(8-10)19-13(15)17-5-2/h6-8H,4-5H2,1-3H3. The van der Waals surface area contributed by atoms with Gasteiger partial charge in [0.2, 0.25) is 0 Å². The first-order valence-corrected chi connectivity index (χ1v) is 5.86. The highest BCUT2D eigenvalue weighted by molar-refractivity contribution is 5.66. The largest absolute Gasteiger partial charge is 0.513 e. The van der Waals surface area contributed by atoms with Gasteiger partial charge in [0.1, 0.15) is 11.5 Å². The molecule has 0 saturated carbocycles. The van der Waals surface area contributed by atoms with Gasteiger partial charge in [0.05, 0.1) is 13.2 Å². The fourth-order valence-electron chi connectivity index (χ4n) is 1.23. The third kappa shape index (κ3) is 4.87.